The first-order valence-corrected chi connectivity index (χ1v) is 6.39. The van der Waals surface area contributed by atoms with Gasteiger partial charge in [-0.3, -0.25) is 9.89 Å². The number of nitrogens with zero attached hydrogens (tertiary/aromatic N) is 1. The van der Waals surface area contributed by atoms with E-state index in [2.05, 4.69) is 10.2 Å². The molecule has 0 unspecified atom stereocenters. The highest BCUT2D eigenvalue weighted by atomic mass is 16.4. The van der Waals surface area contributed by atoms with E-state index >= 15 is 0 Å². The Balaban J connectivity index is 2.20. The summed E-state index contributed by atoms with van der Waals surface area (Å²) in [5, 5.41) is 16.9. The average molecular weight is 280 g/mol. The molecule has 5 nitrogen and oxygen atoms in total. The zero-order valence-corrected chi connectivity index (χ0v) is 11.3. The second-order valence-corrected chi connectivity index (χ2v) is 4.77. The molecule has 2 N–H and O–H groups in total. The fourth-order valence-electron chi connectivity index (χ4n) is 2.25. The van der Waals surface area contributed by atoms with Crippen molar-refractivity contribution >= 4 is 22.7 Å². The molecule has 104 valence electrons. The molecule has 0 aliphatic rings. The van der Waals surface area contributed by atoms with Crippen LogP contribution in [0, 0.1) is 0 Å². The van der Waals surface area contributed by atoms with Gasteiger partial charge >= 0.3 is 5.97 Å². The molecule has 0 aliphatic heterocycles. The summed E-state index contributed by atoms with van der Waals surface area (Å²) in [5.41, 5.74) is 2.96. The van der Waals surface area contributed by atoms with Crippen molar-refractivity contribution in [2.45, 2.75) is 6.92 Å². The summed E-state index contributed by atoms with van der Waals surface area (Å²) in [6, 6.07) is 11.9. The van der Waals surface area contributed by atoms with Crippen LogP contribution in [0.15, 0.2) is 42.5 Å². The maximum atomic E-state index is 11.5. The lowest BCUT2D eigenvalue weighted by molar-refractivity contribution is 0.0697. The van der Waals surface area contributed by atoms with Gasteiger partial charge in [0.2, 0.25) is 0 Å². The van der Waals surface area contributed by atoms with Gasteiger partial charge in [0.1, 0.15) is 0 Å². The van der Waals surface area contributed by atoms with Gasteiger partial charge in [0.25, 0.3) is 0 Å². The molecule has 21 heavy (non-hydrogen) atoms. The highest BCUT2D eigenvalue weighted by Crippen LogP contribution is 2.27. The van der Waals surface area contributed by atoms with Gasteiger partial charge in [-0.25, -0.2) is 4.79 Å². The van der Waals surface area contributed by atoms with Crippen molar-refractivity contribution in [3.8, 4) is 11.3 Å². The number of hydrogen-bond acceptors (Lipinski definition) is 3. The monoisotopic (exact) mass is 280 g/mol. The van der Waals surface area contributed by atoms with Gasteiger partial charge in [-0.05, 0) is 31.2 Å². The number of H-pyrrole nitrogens is 1. The SMILES string of the molecule is CC(=O)c1cccc(-c2n[nH]c3ccc(C(=O)O)cc23)c1. The highest BCUT2D eigenvalue weighted by molar-refractivity contribution is 6.00. The number of carboxylic acid groups (broad SMARTS) is 1. The van der Waals surface area contributed by atoms with E-state index in [1.54, 1.807) is 30.3 Å². The minimum atomic E-state index is -0.985. The molecule has 5 heteroatoms. The second-order valence-electron chi connectivity index (χ2n) is 4.77. The Bertz CT molecular complexity index is 865. The maximum Gasteiger partial charge on any atom is 0.335 e. The van der Waals surface area contributed by atoms with Gasteiger partial charge in [-0.2, -0.15) is 5.10 Å². The average Bonchev–Trinajstić information content (AvgIpc) is 2.90. The number of carboxylic acids is 1. The zero-order valence-electron chi connectivity index (χ0n) is 11.3. The van der Waals surface area contributed by atoms with Crippen LogP contribution in [0.2, 0.25) is 0 Å². The number of aromatic amines is 1. The number of carbonyl (C=O) groups is 2. The third kappa shape index (κ3) is 2.29. The number of aromatic carboxylic acids is 1. The Morgan fingerprint density at radius 3 is 2.62 bits per heavy atom. The van der Waals surface area contributed by atoms with Crippen molar-refractivity contribution in [1.82, 2.24) is 10.2 Å². The molecular weight excluding hydrogens is 268 g/mol. The van der Waals surface area contributed by atoms with Gasteiger partial charge in [-0.1, -0.05) is 18.2 Å². The summed E-state index contributed by atoms with van der Waals surface area (Å²) in [7, 11) is 0. The largest absolute Gasteiger partial charge is 0.478 e. The van der Waals surface area contributed by atoms with E-state index in [4.69, 9.17) is 5.11 Å². The van der Waals surface area contributed by atoms with Crippen molar-refractivity contribution < 1.29 is 14.7 Å². The third-order valence-electron chi connectivity index (χ3n) is 3.35. The lowest BCUT2D eigenvalue weighted by Crippen LogP contribution is -1.95. The lowest BCUT2D eigenvalue weighted by atomic mass is 10.0. The van der Waals surface area contributed by atoms with Gasteiger partial charge < -0.3 is 5.11 Å². The molecule has 0 amide bonds. The Hall–Kier alpha value is -2.95. The molecule has 0 saturated heterocycles. The smallest absolute Gasteiger partial charge is 0.335 e. The van der Waals surface area contributed by atoms with Crippen molar-refractivity contribution in [2.75, 3.05) is 0 Å². The molecule has 0 aliphatic carbocycles. The highest BCUT2D eigenvalue weighted by Gasteiger charge is 2.12. The van der Waals surface area contributed by atoms with Crippen LogP contribution in [0.25, 0.3) is 22.2 Å². The minimum Gasteiger partial charge on any atom is -0.478 e. The molecule has 3 rings (SSSR count). The molecule has 2 aromatic carbocycles. The van der Waals surface area contributed by atoms with Crippen molar-refractivity contribution in [1.29, 1.82) is 0 Å². The molecule has 3 aromatic rings. The number of Topliss-reactive ketones (excluding diaryl/α,β-unsaturated/α-hetero) is 1. The van der Waals surface area contributed by atoms with E-state index < -0.39 is 5.97 Å². The fraction of sp³-hybridized carbons (Fsp3) is 0.0625. The van der Waals surface area contributed by atoms with E-state index in [1.165, 1.54) is 13.0 Å². The Morgan fingerprint density at radius 2 is 1.90 bits per heavy atom. The van der Waals surface area contributed by atoms with Crippen LogP contribution >= 0.6 is 0 Å². The Morgan fingerprint density at radius 1 is 1.10 bits per heavy atom. The Labute approximate surface area is 120 Å². The Kier molecular flexibility index (Phi) is 3.02. The van der Waals surface area contributed by atoms with E-state index in [9.17, 15) is 9.59 Å². The van der Waals surface area contributed by atoms with Crippen LogP contribution in [0.1, 0.15) is 27.6 Å². The normalized spacial score (nSPS) is 10.7. The number of fused-ring (bicyclic) bond motifs is 1. The lowest BCUT2D eigenvalue weighted by Gasteiger charge is -2.01. The number of aromatic nitrogens is 2. The third-order valence-corrected chi connectivity index (χ3v) is 3.35. The van der Waals surface area contributed by atoms with Gasteiger partial charge in [0, 0.05) is 16.5 Å². The van der Waals surface area contributed by atoms with E-state index in [0.29, 0.717) is 11.3 Å². The zero-order chi connectivity index (χ0) is 15.0. The van der Waals surface area contributed by atoms with Crippen LogP contribution in [0.5, 0.6) is 0 Å². The first-order valence-electron chi connectivity index (χ1n) is 6.39. The quantitative estimate of drug-likeness (QED) is 0.722. The summed E-state index contributed by atoms with van der Waals surface area (Å²) < 4.78 is 0. The molecule has 0 radical (unpaired) electrons. The maximum absolute atomic E-state index is 11.5. The van der Waals surface area contributed by atoms with Crippen LogP contribution in [-0.4, -0.2) is 27.1 Å². The molecule has 0 fully saturated rings. The number of benzene rings is 2. The molecule has 1 aromatic heterocycles. The van der Waals surface area contributed by atoms with Crippen LogP contribution < -0.4 is 0 Å². The number of carbonyl (C=O) groups excluding carboxylic acids is 1. The summed E-state index contributed by atoms with van der Waals surface area (Å²) in [5.74, 6) is -1.01. The van der Waals surface area contributed by atoms with E-state index in [0.717, 1.165) is 16.5 Å². The number of ketones is 1. The van der Waals surface area contributed by atoms with Crippen LogP contribution in [-0.2, 0) is 0 Å². The first kappa shape index (κ1) is 13.1. The van der Waals surface area contributed by atoms with E-state index in [-0.39, 0.29) is 11.3 Å². The van der Waals surface area contributed by atoms with Gasteiger partial charge in [-0.15, -0.1) is 0 Å². The van der Waals surface area contributed by atoms with E-state index in [1.807, 2.05) is 6.07 Å². The van der Waals surface area contributed by atoms with Crippen molar-refractivity contribution in [3.05, 3.63) is 53.6 Å². The van der Waals surface area contributed by atoms with Crippen LogP contribution in [0.4, 0.5) is 0 Å². The van der Waals surface area contributed by atoms with Crippen molar-refractivity contribution in [3.63, 3.8) is 0 Å². The molecule has 0 atom stereocenters. The predicted octanol–water partition coefficient (Wildman–Crippen LogP) is 3.13. The molecule has 1 heterocycles. The fourth-order valence-corrected chi connectivity index (χ4v) is 2.25. The standard InChI is InChI=1S/C16H12N2O3/c1-9(19)10-3-2-4-11(7-10)15-13-8-12(16(20)21)5-6-14(13)17-18-15/h2-8H,1H3,(H,17,18)(H,20,21). The number of hydrogen-bond donors (Lipinski definition) is 2. The summed E-state index contributed by atoms with van der Waals surface area (Å²) in [4.78, 5) is 22.6. The first-order chi connectivity index (χ1) is 10.1. The number of nitrogens with one attached hydrogen (secondary N) is 1. The van der Waals surface area contributed by atoms with Gasteiger partial charge in [0.15, 0.2) is 5.78 Å². The summed E-state index contributed by atoms with van der Waals surface area (Å²) in [6.45, 7) is 1.50. The minimum absolute atomic E-state index is 0.0251. The molecular formula is C16H12N2O3. The molecule has 0 bridgehead atoms. The number of rotatable bonds is 3. The summed E-state index contributed by atoms with van der Waals surface area (Å²) in [6.07, 6.45) is 0. The molecule has 0 spiro atoms. The van der Waals surface area contributed by atoms with Crippen molar-refractivity contribution in [2.24, 2.45) is 0 Å². The summed E-state index contributed by atoms with van der Waals surface area (Å²) >= 11 is 0. The predicted molar refractivity (Wildman–Crippen MR) is 78.5 cm³/mol. The topological polar surface area (TPSA) is 83.0 Å². The van der Waals surface area contributed by atoms with Gasteiger partial charge in [0.05, 0.1) is 16.8 Å². The van der Waals surface area contributed by atoms with Crippen LogP contribution in [0.3, 0.4) is 0 Å². The second kappa shape index (κ2) is 4.86. The molecule has 0 saturated carbocycles.